The Bertz CT molecular complexity index is 210. The topological polar surface area (TPSA) is 48.6 Å². The minimum absolute atomic E-state index is 0. The van der Waals surface area contributed by atoms with Gasteiger partial charge < -0.3 is 5.48 Å². The zero-order valence-electron chi connectivity index (χ0n) is 8.05. The number of carbonyl (C=O) groups excluding carboxylic acids is 1. The van der Waals surface area contributed by atoms with Gasteiger partial charge in [0.25, 0.3) is 0 Å². The predicted octanol–water partition coefficient (Wildman–Crippen LogP) is 1.43. The van der Waals surface area contributed by atoms with E-state index in [0.29, 0.717) is 17.6 Å². The van der Waals surface area contributed by atoms with Crippen molar-refractivity contribution in [2.45, 2.75) is 33.6 Å². The summed E-state index contributed by atoms with van der Waals surface area (Å²) in [6.45, 7) is 6.60. The van der Waals surface area contributed by atoms with E-state index < -0.39 is 0 Å². The van der Waals surface area contributed by atoms with Gasteiger partial charge in [-0.2, -0.15) is 0 Å². The molecule has 2 fully saturated rings. The van der Waals surface area contributed by atoms with Crippen molar-refractivity contribution in [3.63, 3.8) is 0 Å². The van der Waals surface area contributed by atoms with Crippen LogP contribution in [0.5, 0.6) is 0 Å². The number of hydrogen-bond donors (Lipinski definition) is 0. The van der Waals surface area contributed by atoms with Gasteiger partial charge in [0.1, 0.15) is 5.78 Å². The van der Waals surface area contributed by atoms with Crippen LogP contribution in [0.1, 0.15) is 33.6 Å². The van der Waals surface area contributed by atoms with Crippen molar-refractivity contribution in [2.75, 3.05) is 0 Å². The Labute approximate surface area is 73.7 Å². The summed E-state index contributed by atoms with van der Waals surface area (Å²) in [6, 6.07) is 0. The number of rotatable bonds is 1. The number of carbonyl (C=O) groups is 1. The molecule has 2 nitrogen and oxygen atoms in total. The van der Waals surface area contributed by atoms with Crippen LogP contribution in [-0.2, 0) is 4.79 Å². The molecule has 0 heterocycles. The Kier molecular flexibility index (Phi) is 2.07. The van der Waals surface area contributed by atoms with Crippen molar-refractivity contribution < 1.29 is 10.3 Å². The Morgan fingerprint density at radius 3 is 2.25 bits per heavy atom. The summed E-state index contributed by atoms with van der Waals surface area (Å²) in [5, 5.41) is 0. The second-order valence-corrected chi connectivity index (χ2v) is 4.61. The SMILES string of the molecule is CC1CC(=O)C2(C(C)C)CC12.O. The van der Waals surface area contributed by atoms with Gasteiger partial charge in [-0.1, -0.05) is 20.8 Å². The van der Waals surface area contributed by atoms with Gasteiger partial charge in [-0.25, -0.2) is 0 Å². The lowest BCUT2D eigenvalue weighted by atomic mass is 9.89. The molecular weight excluding hydrogens is 152 g/mol. The fraction of sp³-hybridized carbons (Fsp3) is 0.900. The molecule has 0 aromatic rings. The maximum atomic E-state index is 11.6. The molecule has 70 valence electrons. The van der Waals surface area contributed by atoms with E-state index in [1.165, 1.54) is 6.42 Å². The van der Waals surface area contributed by atoms with Crippen LogP contribution < -0.4 is 0 Å². The fourth-order valence-electron chi connectivity index (χ4n) is 2.95. The van der Waals surface area contributed by atoms with Crippen molar-refractivity contribution >= 4 is 5.78 Å². The molecular formula is C10H18O2. The van der Waals surface area contributed by atoms with Gasteiger partial charge in [-0.3, -0.25) is 4.79 Å². The van der Waals surface area contributed by atoms with Crippen molar-refractivity contribution in [1.29, 1.82) is 0 Å². The van der Waals surface area contributed by atoms with Crippen LogP contribution in [0.4, 0.5) is 0 Å². The smallest absolute Gasteiger partial charge is 0.139 e. The van der Waals surface area contributed by atoms with E-state index in [1.54, 1.807) is 0 Å². The Hall–Kier alpha value is -0.370. The Balaban J connectivity index is 0.000000720. The van der Waals surface area contributed by atoms with Crippen LogP contribution in [0.3, 0.4) is 0 Å². The van der Waals surface area contributed by atoms with Crippen LogP contribution in [0, 0.1) is 23.2 Å². The molecule has 0 aromatic carbocycles. The Morgan fingerprint density at radius 2 is 2.08 bits per heavy atom. The largest absolute Gasteiger partial charge is 0.412 e. The third-order valence-electron chi connectivity index (χ3n) is 3.80. The van der Waals surface area contributed by atoms with Crippen LogP contribution in [0.15, 0.2) is 0 Å². The first-order valence-corrected chi connectivity index (χ1v) is 4.62. The van der Waals surface area contributed by atoms with Gasteiger partial charge in [-0.05, 0) is 24.2 Å². The van der Waals surface area contributed by atoms with E-state index >= 15 is 0 Å². The van der Waals surface area contributed by atoms with E-state index in [4.69, 9.17) is 0 Å². The molecule has 2 heteroatoms. The first kappa shape index (κ1) is 9.72. The fourth-order valence-corrected chi connectivity index (χ4v) is 2.95. The second-order valence-electron chi connectivity index (χ2n) is 4.61. The highest BCUT2D eigenvalue weighted by Crippen LogP contribution is 2.67. The van der Waals surface area contributed by atoms with Gasteiger partial charge in [0, 0.05) is 11.8 Å². The minimum Gasteiger partial charge on any atom is -0.412 e. The highest BCUT2D eigenvalue weighted by molar-refractivity contribution is 5.91. The molecule has 2 aliphatic carbocycles. The molecule has 0 aliphatic heterocycles. The molecule has 2 aliphatic rings. The molecule has 3 atom stereocenters. The lowest BCUT2D eigenvalue weighted by molar-refractivity contribution is -0.124. The van der Waals surface area contributed by atoms with Gasteiger partial charge in [-0.15, -0.1) is 0 Å². The van der Waals surface area contributed by atoms with E-state index in [-0.39, 0.29) is 10.9 Å². The van der Waals surface area contributed by atoms with Crippen LogP contribution in [-0.4, -0.2) is 11.3 Å². The van der Waals surface area contributed by atoms with Gasteiger partial charge in [0.05, 0.1) is 0 Å². The first-order chi connectivity index (χ1) is 5.09. The molecule has 0 saturated heterocycles. The molecule has 0 aromatic heterocycles. The van der Waals surface area contributed by atoms with E-state index in [2.05, 4.69) is 20.8 Å². The molecule has 3 unspecified atom stereocenters. The minimum atomic E-state index is 0. The number of fused-ring (bicyclic) bond motifs is 1. The molecule has 12 heavy (non-hydrogen) atoms. The van der Waals surface area contributed by atoms with Crippen molar-refractivity contribution in [2.24, 2.45) is 23.2 Å². The second kappa shape index (κ2) is 2.56. The molecule has 0 amide bonds. The molecule has 0 bridgehead atoms. The van der Waals surface area contributed by atoms with E-state index in [1.807, 2.05) is 0 Å². The summed E-state index contributed by atoms with van der Waals surface area (Å²) in [4.78, 5) is 11.6. The van der Waals surface area contributed by atoms with Crippen LogP contribution >= 0.6 is 0 Å². The van der Waals surface area contributed by atoms with Gasteiger partial charge >= 0.3 is 0 Å². The van der Waals surface area contributed by atoms with Crippen LogP contribution in [0.2, 0.25) is 0 Å². The third kappa shape index (κ3) is 0.875. The predicted molar refractivity (Wildman–Crippen MR) is 47.8 cm³/mol. The third-order valence-corrected chi connectivity index (χ3v) is 3.80. The van der Waals surface area contributed by atoms with Crippen LogP contribution in [0.25, 0.3) is 0 Å². The number of hydrogen-bond acceptors (Lipinski definition) is 1. The average Bonchev–Trinajstić information content (AvgIpc) is 2.56. The number of ketones is 1. The lowest BCUT2D eigenvalue weighted by Crippen LogP contribution is -2.18. The molecule has 2 saturated carbocycles. The van der Waals surface area contributed by atoms with E-state index in [9.17, 15) is 4.79 Å². The van der Waals surface area contributed by atoms with Crippen molar-refractivity contribution in [1.82, 2.24) is 0 Å². The average molecular weight is 170 g/mol. The normalized spacial score (nSPS) is 44.2. The van der Waals surface area contributed by atoms with E-state index in [0.717, 1.165) is 12.3 Å². The summed E-state index contributed by atoms with van der Waals surface area (Å²) >= 11 is 0. The van der Waals surface area contributed by atoms with Gasteiger partial charge in [0.15, 0.2) is 0 Å². The summed E-state index contributed by atoms with van der Waals surface area (Å²) < 4.78 is 0. The molecule has 0 spiro atoms. The zero-order chi connectivity index (χ0) is 8.22. The van der Waals surface area contributed by atoms with Crippen molar-refractivity contribution in [3.8, 4) is 0 Å². The molecule has 2 rings (SSSR count). The Morgan fingerprint density at radius 1 is 1.50 bits per heavy atom. The standard InChI is InChI=1S/C10H16O.H2O/c1-6(2)10-5-8(10)7(3)4-9(10)11;/h6-8H,4-5H2,1-3H3;1H2. The zero-order valence-corrected chi connectivity index (χ0v) is 8.05. The summed E-state index contributed by atoms with van der Waals surface area (Å²) in [5.74, 6) is 2.54. The maximum Gasteiger partial charge on any atom is 0.139 e. The monoisotopic (exact) mass is 170 g/mol. The number of Topliss-reactive ketones (excluding diaryl/α,β-unsaturated/α-hetero) is 1. The lowest BCUT2D eigenvalue weighted by Gasteiger charge is -2.14. The molecule has 2 N–H and O–H groups in total. The van der Waals surface area contributed by atoms with Gasteiger partial charge in [0.2, 0.25) is 0 Å². The highest BCUT2D eigenvalue weighted by atomic mass is 16.1. The highest BCUT2D eigenvalue weighted by Gasteiger charge is 2.66. The first-order valence-electron chi connectivity index (χ1n) is 4.62. The van der Waals surface area contributed by atoms with Crippen molar-refractivity contribution in [3.05, 3.63) is 0 Å². The quantitative estimate of drug-likeness (QED) is 0.587. The summed E-state index contributed by atoms with van der Waals surface area (Å²) in [5.41, 5.74) is 0.152. The summed E-state index contributed by atoms with van der Waals surface area (Å²) in [7, 11) is 0. The molecule has 0 radical (unpaired) electrons. The summed E-state index contributed by atoms with van der Waals surface area (Å²) in [6.07, 6.45) is 2.04. The maximum absolute atomic E-state index is 11.6.